The minimum Gasteiger partial charge on any atom is -0.389 e. The van der Waals surface area contributed by atoms with Gasteiger partial charge in [-0.25, -0.2) is 0 Å². The van der Waals surface area contributed by atoms with Crippen LogP contribution in [0.3, 0.4) is 0 Å². The Hall–Kier alpha value is -1.98. The lowest BCUT2D eigenvalue weighted by Crippen LogP contribution is -2.65. The largest absolute Gasteiger partial charge is 0.389 e. The summed E-state index contributed by atoms with van der Waals surface area (Å²) in [7, 11) is 0. The number of carbonyl (C=O) groups is 2. The van der Waals surface area contributed by atoms with Crippen LogP contribution in [0.2, 0.25) is 0 Å². The van der Waals surface area contributed by atoms with Crippen molar-refractivity contribution in [3.63, 3.8) is 0 Å². The molecule has 2 saturated carbocycles. The first-order valence-electron chi connectivity index (χ1n) is 8.91. The van der Waals surface area contributed by atoms with Crippen LogP contribution in [0.4, 0.5) is 0 Å². The molecule has 0 atom stereocenters. The Morgan fingerprint density at radius 1 is 0.923 bits per heavy atom. The lowest BCUT2D eigenvalue weighted by Gasteiger charge is -2.57. The Bertz CT molecular complexity index is 892. The third-order valence-electron chi connectivity index (χ3n) is 6.14. The third-order valence-corrected chi connectivity index (χ3v) is 6.67. The van der Waals surface area contributed by atoms with E-state index in [0.717, 1.165) is 22.9 Å². The topological polar surface area (TPSA) is 57.6 Å². The van der Waals surface area contributed by atoms with Gasteiger partial charge in [0, 0.05) is 17.3 Å². The fraction of sp³-hybridized carbons (Fsp3) is 0.333. The van der Waals surface area contributed by atoms with Gasteiger partial charge < -0.3 is 5.11 Å². The van der Waals surface area contributed by atoms with E-state index in [2.05, 4.69) is 15.9 Å². The van der Waals surface area contributed by atoms with Crippen LogP contribution in [0, 0.1) is 5.92 Å². The lowest BCUT2D eigenvalue weighted by molar-refractivity contribution is -0.143. The highest BCUT2D eigenvalue weighted by atomic mass is 79.9. The van der Waals surface area contributed by atoms with Gasteiger partial charge in [-0.3, -0.25) is 14.5 Å². The smallest absolute Gasteiger partial charge is 0.262 e. The Balaban J connectivity index is 1.61. The van der Waals surface area contributed by atoms with Gasteiger partial charge in [-0.05, 0) is 48.6 Å². The van der Waals surface area contributed by atoms with Gasteiger partial charge in [0.15, 0.2) is 0 Å². The van der Waals surface area contributed by atoms with Gasteiger partial charge >= 0.3 is 0 Å². The second-order valence-corrected chi connectivity index (χ2v) is 8.68. The molecule has 0 saturated heterocycles. The van der Waals surface area contributed by atoms with Crippen LogP contribution in [0.15, 0.2) is 53.0 Å². The van der Waals surface area contributed by atoms with E-state index in [-0.39, 0.29) is 11.8 Å². The first kappa shape index (κ1) is 16.2. The van der Waals surface area contributed by atoms with Crippen molar-refractivity contribution in [2.45, 2.75) is 36.8 Å². The maximum absolute atomic E-state index is 13.1. The summed E-state index contributed by atoms with van der Waals surface area (Å²) >= 11 is 3.44. The molecule has 1 aliphatic heterocycles. The molecule has 3 aliphatic rings. The van der Waals surface area contributed by atoms with E-state index in [1.54, 1.807) is 24.3 Å². The van der Waals surface area contributed by atoms with Crippen LogP contribution in [0.25, 0.3) is 0 Å². The van der Waals surface area contributed by atoms with Gasteiger partial charge in [0.25, 0.3) is 11.8 Å². The van der Waals surface area contributed by atoms with Gasteiger partial charge in [0.05, 0.1) is 22.3 Å². The molecule has 1 heterocycles. The first-order valence-corrected chi connectivity index (χ1v) is 9.70. The van der Waals surface area contributed by atoms with E-state index in [4.69, 9.17) is 0 Å². The Labute approximate surface area is 160 Å². The maximum Gasteiger partial charge on any atom is 0.262 e. The molecule has 132 valence electrons. The molecule has 2 aliphatic carbocycles. The number of benzene rings is 2. The molecule has 0 spiro atoms. The summed E-state index contributed by atoms with van der Waals surface area (Å²) < 4.78 is 0.940. The Morgan fingerprint density at radius 2 is 1.46 bits per heavy atom. The summed E-state index contributed by atoms with van der Waals surface area (Å²) in [6, 6.07) is 14.7. The van der Waals surface area contributed by atoms with E-state index < -0.39 is 11.1 Å². The van der Waals surface area contributed by atoms with E-state index in [1.165, 1.54) is 4.90 Å². The second kappa shape index (κ2) is 5.27. The van der Waals surface area contributed by atoms with Crippen molar-refractivity contribution < 1.29 is 14.7 Å². The number of carbonyl (C=O) groups excluding carboxylic acids is 2. The number of halogens is 1. The van der Waals surface area contributed by atoms with Crippen LogP contribution < -0.4 is 0 Å². The molecule has 0 aromatic heterocycles. The van der Waals surface area contributed by atoms with Crippen LogP contribution in [0.5, 0.6) is 0 Å². The molecule has 5 heteroatoms. The fourth-order valence-electron chi connectivity index (χ4n) is 4.70. The van der Waals surface area contributed by atoms with E-state index in [0.29, 0.717) is 29.9 Å². The third kappa shape index (κ3) is 2.10. The molecular formula is C21H18BrNO3. The molecule has 4 nitrogen and oxygen atoms in total. The number of rotatable bonds is 3. The predicted molar refractivity (Wildman–Crippen MR) is 99.7 cm³/mol. The number of hydrogen-bond acceptors (Lipinski definition) is 3. The number of aliphatic hydroxyl groups is 1. The highest BCUT2D eigenvalue weighted by Gasteiger charge is 2.66. The van der Waals surface area contributed by atoms with Crippen molar-refractivity contribution in [1.29, 1.82) is 0 Å². The maximum atomic E-state index is 13.1. The highest BCUT2D eigenvalue weighted by molar-refractivity contribution is 9.10. The molecule has 0 radical (unpaired) electrons. The van der Waals surface area contributed by atoms with Gasteiger partial charge in [-0.1, -0.05) is 40.2 Å². The second-order valence-electron chi connectivity index (χ2n) is 7.76. The van der Waals surface area contributed by atoms with Crippen LogP contribution in [-0.2, 0) is 5.54 Å². The summed E-state index contributed by atoms with van der Waals surface area (Å²) in [5, 5.41) is 11.0. The molecule has 26 heavy (non-hydrogen) atoms. The Kier molecular flexibility index (Phi) is 3.29. The average Bonchev–Trinajstić information content (AvgIpc) is 3.42. The quantitative estimate of drug-likeness (QED) is 0.779. The molecule has 2 aromatic carbocycles. The zero-order chi connectivity index (χ0) is 18.1. The monoisotopic (exact) mass is 411 g/mol. The minimum absolute atomic E-state index is 0.258. The molecule has 5 rings (SSSR count). The standard InChI is InChI=1S/C21H18BrNO3/c22-15-9-7-13(8-10-15)20(11-21(26,12-20)14-5-6-14)23-18(24)16-3-1-2-4-17(16)19(23)25/h1-4,7-10,14,26H,5-6,11-12H2/t20-,21+. The summed E-state index contributed by atoms with van der Waals surface area (Å²) in [6.45, 7) is 0. The minimum atomic E-state index is -0.775. The normalized spacial score (nSPS) is 30.3. The van der Waals surface area contributed by atoms with E-state index >= 15 is 0 Å². The van der Waals surface area contributed by atoms with E-state index in [1.807, 2.05) is 24.3 Å². The van der Waals surface area contributed by atoms with Crippen molar-refractivity contribution in [3.05, 3.63) is 69.7 Å². The Morgan fingerprint density at radius 3 is 1.96 bits per heavy atom. The van der Waals surface area contributed by atoms with Gasteiger partial charge in [0.2, 0.25) is 0 Å². The predicted octanol–water partition coefficient (Wildman–Crippen LogP) is 3.88. The summed E-state index contributed by atoms with van der Waals surface area (Å²) in [5.41, 5.74) is 0.264. The zero-order valence-electron chi connectivity index (χ0n) is 14.1. The molecule has 2 amide bonds. The van der Waals surface area contributed by atoms with Crippen LogP contribution in [0.1, 0.15) is 52.0 Å². The molecular weight excluding hydrogens is 394 g/mol. The van der Waals surface area contributed by atoms with Crippen molar-refractivity contribution >= 4 is 27.7 Å². The van der Waals surface area contributed by atoms with Crippen molar-refractivity contribution in [1.82, 2.24) is 4.90 Å². The van der Waals surface area contributed by atoms with Crippen LogP contribution in [-0.4, -0.2) is 27.4 Å². The van der Waals surface area contributed by atoms with Gasteiger partial charge in [0.1, 0.15) is 0 Å². The summed E-state index contributed by atoms with van der Waals surface area (Å²) in [6.07, 6.45) is 2.87. The number of amides is 2. The SMILES string of the molecule is O=C1c2ccccc2C(=O)N1[C@]1(c2ccc(Br)cc2)C[C@@](O)(C2CC2)C1. The molecule has 0 bridgehead atoms. The fourth-order valence-corrected chi connectivity index (χ4v) is 4.96. The van der Waals surface area contributed by atoms with Crippen molar-refractivity contribution in [2.75, 3.05) is 0 Å². The van der Waals surface area contributed by atoms with Gasteiger partial charge in [-0.15, -0.1) is 0 Å². The lowest BCUT2D eigenvalue weighted by atomic mass is 9.59. The van der Waals surface area contributed by atoms with E-state index in [9.17, 15) is 14.7 Å². The van der Waals surface area contributed by atoms with Gasteiger partial charge in [-0.2, -0.15) is 0 Å². The number of fused-ring (bicyclic) bond motifs is 1. The molecule has 2 fully saturated rings. The summed E-state index contributed by atoms with van der Waals surface area (Å²) in [4.78, 5) is 27.6. The summed E-state index contributed by atoms with van der Waals surface area (Å²) in [5.74, 6) is -0.223. The number of hydrogen-bond donors (Lipinski definition) is 1. The molecule has 1 N–H and O–H groups in total. The first-order chi connectivity index (χ1) is 12.4. The molecule has 0 unspecified atom stereocenters. The number of nitrogens with zero attached hydrogens (tertiary/aromatic N) is 1. The molecule has 2 aromatic rings. The van der Waals surface area contributed by atoms with Crippen molar-refractivity contribution in [2.24, 2.45) is 5.92 Å². The zero-order valence-corrected chi connectivity index (χ0v) is 15.7. The number of imide groups is 1. The average molecular weight is 412 g/mol. The van der Waals surface area contributed by atoms with Crippen LogP contribution >= 0.6 is 15.9 Å². The highest BCUT2D eigenvalue weighted by Crippen LogP contribution is 2.61. The van der Waals surface area contributed by atoms with Crippen molar-refractivity contribution in [3.8, 4) is 0 Å².